The molecule has 0 rings (SSSR count). The largest absolute Gasteiger partial charge is 0.480 e. The first-order valence-corrected chi connectivity index (χ1v) is 6.52. The van der Waals surface area contributed by atoms with Gasteiger partial charge in [-0.15, -0.1) is 0 Å². The highest BCUT2D eigenvalue weighted by Gasteiger charge is 2.34. The van der Waals surface area contributed by atoms with Gasteiger partial charge in [0.2, 0.25) is 0 Å². The number of rotatable bonds is 7. The lowest BCUT2D eigenvalue weighted by Crippen LogP contribution is -2.40. The third-order valence-corrected chi connectivity index (χ3v) is 4.44. The summed E-state index contributed by atoms with van der Waals surface area (Å²) in [5.41, 5.74) is 0. The summed E-state index contributed by atoms with van der Waals surface area (Å²) in [6.45, 7) is 9.59. The van der Waals surface area contributed by atoms with Crippen molar-refractivity contribution < 1.29 is 14.1 Å². The van der Waals surface area contributed by atoms with Gasteiger partial charge in [0.15, 0.2) is 0 Å². The van der Waals surface area contributed by atoms with Crippen molar-refractivity contribution in [2.24, 2.45) is 0 Å². The molecule has 0 aromatic rings. The molecule has 1 N–H and O–H groups in total. The molecule has 0 heterocycles. The van der Waals surface area contributed by atoms with Gasteiger partial charge in [-0.25, -0.2) is 0 Å². The molecule has 0 fully saturated rings. The number of carboxylic acids is 1. The van der Waals surface area contributed by atoms with E-state index in [0.717, 1.165) is 13.1 Å². The molecule has 0 aliphatic carbocycles. The third kappa shape index (κ3) is 4.30. The number of nitrogens with zero attached hydrogens (tertiary/aromatic N) is 1. The molecule has 1 unspecified atom stereocenters. The molecular formula is C10H21NO3S. The van der Waals surface area contributed by atoms with Crippen LogP contribution in [0.3, 0.4) is 0 Å². The fourth-order valence-corrected chi connectivity index (χ4v) is 2.23. The van der Waals surface area contributed by atoms with Crippen LogP contribution in [0.1, 0.15) is 27.7 Å². The van der Waals surface area contributed by atoms with E-state index in [-0.39, 0.29) is 0 Å². The first kappa shape index (κ1) is 14.6. The summed E-state index contributed by atoms with van der Waals surface area (Å²) in [5.74, 6) is -0.582. The molecule has 0 aliphatic heterocycles. The number of carbonyl (C=O) groups is 1. The summed E-state index contributed by atoms with van der Waals surface area (Å²) >= 11 is 0. The monoisotopic (exact) mass is 235 g/mol. The first-order valence-electron chi connectivity index (χ1n) is 5.20. The average Bonchev–Trinajstić information content (AvgIpc) is 2.18. The molecule has 5 heteroatoms. The minimum absolute atomic E-state index is 0.418. The van der Waals surface area contributed by atoms with Crippen molar-refractivity contribution in [2.75, 3.05) is 25.4 Å². The van der Waals surface area contributed by atoms with Gasteiger partial charge in [-0.3, -0.25) is 9.00 Å². The smallest absolute Gasteiger partial charge is 0.321 e. The predicted molar refractivity (Wildman–Crippen MR) is 62.5 cm³/mol. The van der Waals surface area contributed by atoms with Crippen LogP contribution in [0.4, 0.5) is 0 Å². The van der Waals surface area contributed by atoms with Gasteiger partial charge in [0.25, 0.3) is 0 Å². The lowest BCUT2D eigenvalue weighted by atomic mass is 10.2. The Morgan fingerprint density at radius 3 is 2.13 bits per heavy atom. The Kier molecular flexibility index (Phi) is 6.05. The minimum atomic E-state index is -1.33. The normalized spacial score (nSPS) is 14.2. The highest BCUT2D eigenvalue weighted by Crippen LogP contribution is 2.13. The maximum Gasteiger partial charge on any atom is 0.321 e. The maximum atomic E-state index is 11.7. The lowest BCUT2D eigenvalue weighted by molar-refractivity contribution is -0.139. The Balaban J connectivity index is 4.20. The Bertz CT molecular complexity index is 237. The van der Waals surface area contributed by atoms with Crippen LogP contribution in [0.2, 0.25) is 0 Å². The van der Waals surface area contributed by atoms with E-state index in [4.69, 9.17) is 5.11 Å². The summed E-state index contributed by atoms with van der Waals surface area (Å²) in [6.07, 6.45) is 0. The van der Waals surface area contributed by atoms with Gasteiger partial charge in [0.1, 0.15) is 4.75 Å². The van der Waals surface area contributed by atoms with Gasteiger partial charge in [0.05, 0.1) is 0 Å². The summed E-state index contributed by atoms with van der Waals surface area (Å²) in [4.78, 5) is 13.0. The van der Waals surface area contributed by atoms with Crippen molar-refractivity contribution in [2.45, 2.75) is 32.4 Å². The van der Waals surface area contributed by atoms with Crippen LogP contribution in [0.15, 0.2) is 0 Å². The Morgan fingerprint density at radius 1 is 1.33 bits per heavy atom. The van der Waals surface area contributed by atoms with Gasteiger partial charge in [0, 0.05) is 23.1 Å². The van der Waals surface area contributed by atoms with E-state index in [1.54, 1.807) is 0 Å². The number of aliphatic carboxylic acids is 1. The molecule has 0 amide bonds. The summed E-state index contributed by atoms with van der Waals surface area (Å²) < 4.78 is 10.6. The van der Waals surface area contributed by atoms with E-state index >= 15 is 0 Å². The van der Waals surface area contributed by atoms with Gasteiger partial charge in [-0.2, -0.15) is 0 Å². The highest BCUT2D eigenvalue weighted by atomic mass is 32.2. The molecule has 1 atom stereocenters. The van der Waals surface area contributed by atoms with Crippen molar-refractivity contribution in [1.29, 1.82) is 0 Å². The molecule has 90 valence electrons. The Morgan fingerprint density at radius 2 is 1.80 bits per heavy atom. The molecule has 0 radical (unpaired) electrons. The van der Waals surface area contributed by atoms with Crippen molar-refractivity contribution in [3.05, 3.63) is 0 Å². The van der Waals surface area contributed by atoms with Gasteiger partial charge in [-0.1, -0.05) is 13.8 Å². The summed E-state index contributed by atoms with van der Waals surface area (Å²) in [7, 11) is -1.33. The fraction of sp³-hybridized carbons (Fsp3) is 0.900. The van der Waals surface area contributed by atoms with E-state index in [1.807, 2.05) is 13.8 Å². The molecular weight excluding hydrogens is 214 g/mol. The number of carboxylic acid groups (broad SMARTS) is 1. The molecule has 15 heavy (non-hydrogen) atoms. The minimum Gasteiger partial charge on any atom is -0.480 e. The van der Waals surface area contributed by atoms with Gasteiger partial charge < -0.3 is 10.0 Å². The molecule has 0 saturated carbocycles. The zero-order chi connectivity index (χ0) is 12.1. The SMILES string of the molecule is CCN(CC)CCS(=O)C(C)(C)C(=O)O. The fourth-order valence-electron chi connectivity index (χ4n) is 1.10. The van der Waals surface area contributed by atoms with Crippen LogP contribution in [-0.2, 0) is 15.6 Å². The second-order valence-corrected chi connectivity index (χ2v) is 6.01. The quantitative estimate of drug-likeness (QED) is 0.713. The zero-order valence-electron chi connectivity index (χ0n) is 9.95. The van der Waals surface area contributed by atoms with Crippen molar-refractivity contribution in [1.82, 2.24) is 4.90 Å². The van der Waals surface area contributed by atoms with E-state index < -0.39 is 21.5 Å². The van der Waals surface area contributed by atoms with E-state index in [0.29, 0.717) is 12.3 Å². The van der Waals surface area contributed by atoms with Gasteiger partial charge in [-0.05, 0) is 26.9 Å². The van der Waals surface area contributed by atoms with Crippen LogP contribution in [0.5, 0.6) is 0 Å². The number of hydrogen-bond donors (Lipinski definition) is 1. The molecule has 0 aliphatic rings. The van der Waals surface area contributed by atoms with Crippen LogP contribution >= 0.6 is 0 Å². The second-order valence-electron chi connectivity index (χ2n) is 3.89. The molecule has 0 aromatic carbocycles. The van der Waals surface area contributed by atoms with Crippen LogP contribution in [0.25, 0.3) is 0 Å². The summed E-state index contributed by atoms with van der Waals surface area (Å²) in [5, 5.41) is 8.88. The molecule has 0 spiro atoms. The van der Waals surface area contributed by atoms with Crippen LogP contribution in [-0.4, -0.2) is 50.3 Å². The standard InChI is InChI=1S/C10H21NO3S/c1-5-11(6-2)7-8-15(14)10(3,4)9(12)13/h5-8H2,1-4H3,(H,12,13). The molecule has 0 aromatic heterocycles. The molecule has 4 nitrogen and oxygen atoms in total. The third-order valence-electron chi connectivity index (χ3n) is 2.57. The van der Waals surface area contributed by atoms with Crippen LogP contribution in [0, 0.1) is 0 Å². The van der Waals surface area contributed by atoms with Crippen molar-refractivity contribution >= 4 is 16.8 Å². The molecule has 0 bridgehead atoms. The Hall–Kier alpha value is -0.420. The zero-order valence-corrected chi connectivity index (χ0v) is 10.8. The Labute approximate surface area is 94.1 Å². The topological polar surface area (TPSA) is 57.6 Å². The second kappa shape index (κ2) is 6.23. The van der Waals surface area contributed by atoms with Crippen molar-refractivity contribution in [3.63, 3.8) is 0 Å². The first-order chi connectivity index (χ1) is 6.86. The average molecular weight is 235 g/mol. The number of hydrogen-bond acceptors (Lipinski definition) is 3. The highest BCUT2D eigenvalue weighted by molar-refractivity contribution is 7.87. The maximum absolute atomic E-state index is 11.7. The lowest BCUT2D eigenvalue weighted by Gasteiger charge is -2.22. The van der Waals surface area contributed by atoms with E-state index in [9.17, 15) is 9.00 Å². The molecule has 0 saturated heterocycles. The van der Waals surface area contributed by atoms with E-state index in [2.05, 4.69) is 4.90 Å². The summed E-state index contributed by atoms with van der Waals surface area (Å²) in [6, 6.07) is 0. The van der Waals surface area contributed by atoms with Gasteiger partial charge >= 0.3 is 5.97 Å². The predicted octanol–water partition coefficient (Wildman–Crippen LogP) is 0.940. The van der Waals surface area contributed by atoms with Crippen LogP contribution < -0.4 is 0 Å². The van der Waals surface area contributed by atoms with Crippen molar-refractivity contribution in [3.8, 4) is 0 Å². The van der Waals surface area contributed by atoms with E-state index in [1.165, 1.54) is 13.8 Å².